The zero-order chi connectivity index (χ0) is 13.7. The predicted octanol–water partition coefficient (Wildman–Crippen LogP) is 1.78. The van der Waals surface area contributed by atoms with E-state index in [4.69, 9.17) is 5.11 Å². The van der Waals surface area contributed by atoms with Gasteiger partial charge in [0.25, 0.3) is 0 Å². The van der Waals surface area contributed by atoms with Crippen LogP contribution in [0.25, 0.3) is 11.3 Å². The van der Waals surface area contributed by atoms with Crippen LogP contribution in [0.15, 0.2) is 30.5 Å². The lowest BCUT2D eigenvalue weighted by atomic mass is 10.1. The third-order valence-corrected chi connectivity index (χ3v) is 3.01. The van der Waals surface area contributed by atoms with Gasteiger partial charge in [0.1, 0.15) is 5.69 Å². The number of rotatable bonds is 6. The highest BCUT2D eigenvalue weighted by molar-refractivity contribution is 5.61. The molecule has 0 fully saturated rings. The van der Waals surface area contributed by atoms with Gasteiger partial charge >= 0.3 is 0 Å². The number of hydrogen-bond acceptors (Lipinski definition) is 4. The van der Waals surface area contributed by atoms with Crippen LogP contribution in [-0.2, 0) is 6.54 Å². The van der Waals surface area contributed by atoms with Crippen LogP contribution in [0.2, 0.25) is 0 Å². The van der Waals surface area contributed by atoms with E-state index < -0.39 is 0 Å². The summed E-state index contributed by atoms with van der Waals surface area (Å²) in [6.45, 7) is 1.02. The standard InChI is InChI=1S/C14H20N4O/c1-17(2)13-7-5-12(6-8-13)14-11-18(16-15-14)9-3-4-10-19/h5-8,11,19H,3-4,9-10H2,1-2H3. The van der Waals surface area contributed by atoms with E-state index in [0.717, 1.165) is 30.6 Å². The maximum atomic E-state index is 8.75. The Morgan fingerprint density at radius 3 is 2.53 bits per heavy atom. The lowest BCUT2D eigenvalue weighted by molar-refractivity contribution is 0.280. The van der Waals surface area contributed by atoms with Crippen LogP contribution in [0.3, 0.4) is 0 Å². The number of unbranched alkanes of at least 4 members (excludes halogenated alkanes) is 1. The quantitative estimate of drug-likeness (QED) is 0.804. The molecule has 102 valence electrons. The molecule has 0 saturated heterocycles. The summed E-state index contributed by atoms with van der Waals surface area (Å²) in [5, 5.41) is 17.0. The topological polar surface area (TPSA) is 54.2 Å². The van der Waals surface area contributed by atoms with Gasteiger partial charge in [0.05, 0.1) is 6.20 Å². The van der Waals surface area contributed by atoms with Crippen LogP contribution in [-0.4, -0.2) is 40.8 Å². The molecule has 2 rings (SSSR count). The number of aryl methyl sites for hydroxylation is 1. The fraction of sp³-hybridized carbons (Fsp3) is 0.429. The van der Waals surface area contributed by atoms with Crippen LogP contribution in [0.5, 0.6) is 0 Å². The van der Waals surface area contributed by atoms with E-state index in [-0.39, 0.29) is 6.61 Å². The van der Waals surface area contributed by atoms with E-state index in [1.165, 1.54) is 5.69 Å². The maximum absolute atomic E-state index is 8.75. The molecule has 0 radical (unpaired) electrons. The number of nitrogens with zero attached hydrogens (tertiary/aromatic N) is 4. The van der Waals surface area contributed by atoms with Gasteiger partial charge in [-0.3, -0.25) is 4.68 Å². The second-order valence-electron chi connectivity index (χ2n) is 4.74. The molecule has 0 atom stereocenters. The Morgan fingerprint density at radius 2 is 1.89 bits per heavy atom. The van der Waals surface area contributed by atoms with Crippen molar-refractivity contribution in [2.45, 2.75) is 19.4 Å². The van der Waals surface area contributed by atoms with Crippen molar-refractivity contribution in [2.24, 2.45) is 0 Å². The van der Waals surface area contributed by atoms with E-state index in [9.17, 15) is 0 Å². The van der Waals surface area contributed by atoms with Gasteiger partial charge in [-0.2, -0.15) is 0 Å². The summed E-state index contributed by atoms with van der Waals surface area (Å²) in [4.78, 5) is 2.07. The van der Waals surface area contributed by atoms with Crippen molar-refractivity contribution in [3.63, 3.8) is 0 Å². The van der Waals surface area contributed by atoms with E-state index in [1.54, 1.807) is 0 Å². The normalized spacial score (nSPS) is 10.7. The lowest BCUT2D eigenvalue weighted by Gasteiger charge is -2.11. The minimum atomic E-state index is 0.230. The van der Waals surface area contributed by atoms with Gasteiger partial charge < -0.3 is 10.0 Å². The fourth-order valence-electron chi connectivity index (χ4n) is 1.86. The first kappa shape index (κ1) is 13.5. The van der Waals surface area contributed by atoms with Crippen LogP contribution < -0.4 is 4.90 Å². The number of aliphatic hydroxyl groups excluding tert-OH is 1. The molecular formula is C14H20N4O. The first-order valence-corrected chi connectivity index (χ1v) is 6.49. The van der Waals surface area contributed by atoms with E-state index >= 15 is 0 Å². The molecule has 0 aliphatic rings. The molecule has 1 aromatic heterocycles. The van der Waals surface area contributed by atoms with Gasteiger partial charge in [-0.1, -0.05) is 17.3 Å². The molecular weight excluding hydrogens is 240 g/mol. The Labute approximate surface area is 113 Å². The van der Waals surface area contributed by atoms with Crippen molar-refractivity contribution in [2.75, 3.05) is 25.6 Å². The van der Waals surface area contributed by atoms with Gasteiger partial charge in [-0.25, -0.2) is 0 Å². The summed E-state index contributed by atoms with van der Waals surface area (Å²) < 4.78 is 1.82. The average Bonchev–Trinajstić information content (AvgIpc) is 2.88. The van der Waals surface area contributed by atoms with Crippen molar-refractivity contribution in [1.29, 1.82) is 0 Å². The minimum Gasteiger partial charge on any atom is -0.396 e. The molecule has 0 aliphatic heterocycles. The van der Waals surface area contributed by atoms with E-state index in [1.807, 2.05) is 25.0 Å². The van der Waals surface area contributed by atoms with Crippen LogP contribution >= 0.6 is 0 Å². The zero-order valence-electron chi connectivity index (χ0n) is 11.5. The highest BCUT2D eigenvalue weighted by Gasteiger charge is 2.04. The zero-order valence-corrected chi connectivity index (χ0v) is 11.5. The van der Waals surface area contributed by atoms with Crippen LogP contribution in [0.1, 0.15) is 12.8 Å². The van der Waals surface area contributed by atoms with Gasteiger partial charge in [-0.05, 0) is 25.0 Å². The van der Waals surface area contributed by atoms with E-state index in [2.05, 4.69) is 39.5 Å². The molecule has 0 bridgehead atoms. The predicted molar refractivity (Wildman–Crippen MR) is 76.1 cm³/mol. The molecule has 19 heavy (non-hydrogen) atoms. The Morgan fingerprint density at radius 1 is 1.16 bits per heavy atom. The van der Waals surface area contributed by atoms with Crippen LogP contribution in [0.4, 0.5) is 5.69 Å². The highest BCUT2D eigenvalue weighted by atomic mass is 16.2. The van der Waals surface area contributed by atoms with Crippen LogP contribution in [0, 0.1) is 0 Å². The Balaban J connectivity index is 2.05. The summed E-state index contributed by atoms with van der Waals surface area (Å²) >= 11 is 0. The summed E-state index contributed by atoms with van der Waals surface area (Å²) in [5.74, 6) is 0. The van der Waals surface area contributed by atoms with Gasteiger partial charge in [0.15, 0.2) is 0 Å². The first-order chi connectivity index (χ1) is 9.20. The highest BCUT2D eigenvalue weighted by Crippen LogP contribution is 2.20. The molecule has 0 aliphatic carbocycles. The van der Waals surface area contributed by atoms with Gasteiger partial charge in [0, 0.05) is 38.5 Å². The average molecular weight is 260 g/mol. The Kier molecular flexibility index (Phi) is 4.52. The number of benzene rings is 1. The van der Waals surface area contributed by atoms with Crippen molar-refractivity contribution >= 4 is 5.69 Å². The number of hydrogen-bond donors (Lipinski definition) is 1. The lowest BCUT2D eigenvalue weighted by Crippen LogP contribution is -2.07. The largest absolute Gasteiger partial charge is 0.396 e. The smallest absolute Gasteiger partial charge is 0.113 e. The van der Waals surface area contributed by atoms with Crippen molar-refractivity contribution in [3.05, 3.63) is 30.5 Å². The molecule has 1 N–H and O–H groups in total. The van der Waals surface area contributed by atoms with Crippen molar-refractivity contribution in [3.8, 4) is 11.3 Å². The Bertz CT molecular complexity index is 504. The molecule has 1 heterocycles. The van der Waals surface area contributed by atoms with Gasteiger partial charge in [-0.15, -0.1) is 5.10 Å². The monoisotopic (exact) mass is 260 g/mol. The molecule has 0 spiro atoms. The summed E-state index contributed by atoms with van der Waals surface area (Å²) in [5.41, 5.74) is 3.12. The van der Waals surface area contributed by atoms with Crippen molar-refractivity contribution < 1.29 is 5.11 Å². The van der Waals surface area contributed by atoms with Gasteiger partial charge in [0.2, 0.25) is 0 Å². The molecule has 0 unspecified atom stereocenters. The second-order valence-corrected chi connectivity index (χ2v) is 4.74. The molecule has 1 aromatic carbocycles. The number of anilines is 1. The molecule has 2 aromatic rings. The maximum Gasteiger partial charge on any atom is 0.113 e. The number of aliphatic hydroxyl groups is 1. The third-order valence-electron chi connectivity index (χ3n) is 3.01. The molecule has 0 amide bonds. The summed E-state index contributed by atoms with van der Waals surface area (Å²) in [6.07, 6.45) is 3.66. The molecule has 0 saturated carbocycles. The SMILES string of the molecule is CN(C)c1ccc(-c2cn(CCCCO)nn2)cc1. The number of aromatic nitrogens is 3. The fourth-order valence-corrected chi connectivity index (χ4v) is 1.86. The second kappa shape index (κ2) is 6.33. The minimum absolute atomic E-state index is 0.230. The Hall–Kier alpha value is -1.88. The first-order valence-electron chi connectivity index (χ1n) is 6.49. The van der Waals surface area contributed by atoms with E-state index in [0.29, 0.717) is 0 Å². The molecule has 5 nitrogen and oxygen atoms in total. The third kappa shape index (κ3) is 3.54. The summed E-state index contributed by atoms with van der Waals surface area (Å²) in [7, 11) is 4.04. The summed E-state index contributed by atoms with van der Waals surface area (Å²) in [6, 6.07) is 8.25. The molecule has 5 heteroatoms. The van der Waals surface area contributed by atoms with Crippen molar-refractivity contribution in [1.82, 2.24) is 15.0 Å².